The van der Waals surface area contributed by atoms with Crippen LogP contribution in [0.15, 0.2) is 18.3 Å². The van der Waals surface area contributed by atoms with E-state index in [2.05, 4.69) is 10.3 Å². The van der Waals surface area contributed by atoms with Gasteiger partial charge in [0, 0.05) is 18.2 Å². The highest BCUT2D eigenvalue weighted by Gasteiger charge is 2.41. The van der Waals surface area contributed by atoms with Crippen LogP contribution < -0.4 is 10.1 Å². The number of anilines is 1. The summed E-state index contributed by atoms with van der Waals surface area (Å²) in [5, 5.41) is 12.5. The molecule has 0 unspecified atom stereocenters. The predicted octanol–water partition coefficient (Wildman–Crippen LogP) is 2.05. The van der Waals surface area contributed by atoms with Crippen molar-refractivity contribution < 1.29 is 9.84 Å². The normalized spacial score (nSPS) is 16.9. The van der Waals surface area contributed by atoms with Crippen LogP contribution in [0.1, 0.15) is 26.7 Å². The molecule has 1 heterocycles. The Morgan fingerprint density at radius 1 is 1.53 bits per heavy atom. The molecule has 0 aliphatic heterocycles. The monoisotopic (exact) mass is 236 g/mol. The van der Waals surface area contributed by atoms with Gasteiger partial charge in [0.15, 0.2) is 11.6 Å². The Morgan fingerprint density at radius 2 is 2.29 bits per heavy atom. The third kappa shape index (κ3) is 3.09. The van der Waals surface area contributed by atoms with E-state index in [1.807, 2.05) is 26.0 Å². The van der Waals surface area contributed by atoms with Crippen LogP contribution in [0.5, 0.6) is 5.75 Å². The molecule has 0 atom stereocenters. The number of rotatable bonds is 6. The highest BCUT2D eigenvalue weighted by atomic mass is 16.5. The number of aliphatic hydroxyl groups is 1. The van der Waals surface area contributed by atoms with Gasteiger partial charge in [-0.2, -0.15) is 0 Å². The van der Waals surface area contributed by atoms with Gasteiger partial charge in [0.2, 0.25) is 0 Å². The minimum Gasteiger partial charge on any atom is -0.487 e. The topological polar surface area (TPSA) is 54.4 Å². The van der Waals surface area contributed by atoms with E-state index in [1.165, 1.54) is 0 Å². The van der Waals surface area contributed by atoms with Crippen LogP contribution in [0.3, 0.4) is 0 Å². The molecule has 0 spiro atoms. The number of nitrogens with zero attached hydrogens (tertiary/aromatic N) is 1. The Labute approximate surface area is 102 Å². The molecule has 0 radical (unpaired) electrons. The number of hydrogen-bond donors (Lipinski definition) is 2. The van der Waals surface area contributed by atoms with Gasteiger partial charge in [-0.05, 0) is 38.8 Å². The first-order valence-corrected chi connectivity index (χ1v) is 6.12. The zero-order valence-electron chi connectivity index (χ0n) is 10.4. The van der Waals surface area contributed by atoms with E-state index in [0.29, 0.717) is 0 Å². The molecule has 1 aliphatic rings. The third-order valence-electron chi connectivity index (χ3n) is 3.06. The minimum atomic E-state index is 0.0760. The predicted molar refractivity (Wildman–Crippen MR) is 67.2 cm³/mol. The average Bonchev–Trinajstić information content (AvgIpc) is 3.08. The molecule has 1 fully saturated rings. The van der Waals surface area contributed by atoms with E-state index in [1.54, 1.807) is 6.20 Å². The van der Waals surface area contributed by atoms with E-state index < -0.39 is 0 Å². The number of aliphatic hydroxyl groups excluding tert-OH is 1. The lowest BCUT2D eigenvalue weighted by molar-refractivity contribution is 0.219. The molecule has 94 valence electrons. The molecule has 17 heavy (non-hydrogen) atoms. The van der Waals surface area contributed by atoms with Crippen LogP contribution in [0.25, 0.3) is 0 Å². The van der Waals surface area contributed by atoms with E-state index in [9.17, 15) is 5.11 Å². The quantitative estimate of drug-likeness (QED) is 0.793. The highest BCUT2D eigenvalue weighted by molar-refractivity contribution is 5.49. The third-order valence-corrected chi connectivity index (χ3v) is 3.06. The second-order valence-corrected chi connectivity index (χ2v) is 5.03. The summed E-state index contributed by atoms with van der Waals surface area (Å²) in [4.78, 5) is 4.28. The van der Waals surface area contributed by atoms with Crippen molar-refractivity contribution in [2.75, 3.05) is 18.5 Å². The summed E-state index contributed by atoms with van der Waals surface area (Å²) in [7, 11) is 0. The zero-order valence-corrected chi connectivity index (χ0v) is 10.4. The molecular weight excluding hydrogens is 216 g/mol. The Hall–Kier alpha value is -1.29. The molecule has 2 rings (SSSR count). The molecule has 4 heteroatoms. The summed E-state index contributed by atoms with van der Waals surface area (Å²) in [5.41, 5.74) is 0.0760. The van der Waals surface area contributed by atoms with Gasteiger partial charge >= 0.3 is 0 Å². The van der Waals surface area contributed by atoms with Crippen molar-refractivity contribution in [1.82, 2.24) is 4.98 Å². The van der Waals surface area contributed by atoms with E-state index in [-0.39, 0.29) is 18.1 Å². The molecule has 1 aromatic heterocycles. The van der Waals surface area contributed by atoms with Crippen LogP contribution in [0, 0.1) is 5.41 Å². The standard InChI is InChI=1S/C13H20N2O2/c1-10(2)17-11-4-3-7-14-12(11)15-8-13(9-16)5-6-13/h3-4,7,10,16H,5-6,8-9H2,1-2H3,(H,14,15). The molecule has 0 amide bonds. The first-order chi connectivity index (χ1) is 8.15. The lowest BCUT2D eigenvalue weighted by Gasteiger charge is -2.17. The van der Waals surface area contributed by atoms with Crippen molar-refractivity contribution in [2.45, 2.75) is 32.8 Å². The van der Waals surface area contributed by atoms with Gasteiger partial charge in [0.25, 0.3) is 0 Å². The lowest BCUT2D eigenvalue weighted by Crippen LogP contribution is -2.20. The smallest absolute Gasteiger partial charge is 0.168 e. The molecule has 1 aliphatic carbocycles. The maximum atomic E-state index is 9.26. The van der Waals surface area contributed by atoms with Gasteiger partial charge in [-0.3, -0.25) is 0 Å². The fourth-order valence-electron chi connectivity index (χ4n) is 1.71. The summed E-state index contributed by atoms with van der Waals surface area (Å²) in [6.45, 7) is 4.99. The maximum absolute atomic E-state index is 9.26. The summed E-state index contributed by atoms with van der Waals surface area (Å²) >= 11 is 0. The van der Waals surface area contributed by atoms with Crippen molar-refractivity contribution >= 4 is 5.82 Å². The Balaban J connectivity index is 1.99. The van der Waals surface area contributed by atoms with Crippen molar-refractivity contribution in [3.05, 3.63) is 18.3 Å². The lowest BCUT2D eigenvalue weighted by atomic mass is 10.1. The fourth-order valence-corrected chi connectivity index (χ4v) is 1.71. The number of pyridine rings is 1. The number of nitrogens with one attached hydrogen (secondary N) is 1. The van der Waals surface area contributed by atoms with Crippen molar-refractivity contribution in [3.8, 4) is 5.75 Å². The average molecular weight is 236 g/mol. The van der Waals surface area contributed by atoms with Gasteiger partial charge in [-0.25, -0.2) is 4.98 Å². The number of aromatic nitrogens is 1. The molecule has 0 aromatic carbocycles. The molecular formula is C13H20N2O2. The van der Waals surface area contributed by atoms with Gasteiger partial charge in [-0.1, -0.05) is 0 Å². The fraction of sp³-hybridized carbons (Fsp3) is 0.615. The summed E-state index contributed by atoms with van der Waals surface area (Å²) in [5.74, 6) is 1.54. The van der Waals surface area contributed by atoms with Crippen molar-refractivity contribution in [1.29, 1.82) is 0 Å². The number of ether oxygens (including phenoxy) is 1. The zero-order chi connectivity index (χ0) is 12.3. The second kappa shape index (κ2) is 4.92. The van der Waals surface area contributed by atoms with Crippen molar-refractivity contribution in [3.63, 3.8) is 0 Å². The Bertz CT molecular complexity index is 375. The van der Waals surface area contributed by atoms with Gasteiger partial charge in [0.1, 0.15) is 0 Å². The van der Waals surface area contributed by atoms with Crippen LogP contribution in [-0.4, -0.2) is 29.3 Å². The first kappa shape index (κ1) is 12.2. The first-order valence-electron chi connectivity index (χ1n) is 6.12. The van der Waals surface area contributed by atoms with Crippen LogP contribution in [0.2, 0.25) is 0 Å². The summed E-state index contributed by atoms with van der Waals surface area (Å²) in [6, 6.07) is 3.77. The van der Waals surface area contributed by atoms with Gasteiger partial charge < -0.3 is 15.2 Å². The molecule has 2 N–H and O–H groups in total. The molecule has 4 nitrogen and oxygen atoms in total. The summed E-state index contributed by atoms with van der Waals surface area (Å²) in [6.07, 6.45) is 4.05. The van der Waals surface area contributed by atoms with Gasteiger partial charge in [-0.15, -0.1) is 0 Å². The SMILES string of the molecule is CC(C)Oc1cccnc1NCC1(CO)CC1. The van der Waals surface area contributed by atoms with Crippen molar-refractivity contribution in [2.24, 2.45) is 5.41 Å². The van der Waals surface area contributed by atoms with Crippen LogP contribution >= 0.6 is 0 Å². The van der Waals surface area contributed by atoms with E-state index >= 15 is 0 Å². The largest absolute Gasteiger partial charge is 0.487 e. The number of hydrogen-bond acceptors (Lipinski definition) is 4. The molecule has 0 bridgehead atoms. The molecule has 0 saturated heterocycles. The Morgan fingerprint density at radius 3 is 2.88 bits per heavy atom. The minimum absolute atomic E-state index is 0.0760. The van der Waals surface area contributed by atoms with E-state index in [4.69, 9.17) is 4.74 Å². The Kier molecular flexibility index (Phi) is 3.52. The van der Waals surface area contributed by atoms with E-state index in [0.717, 1.165) is 31.0 Å². The summed E-state index contributed by atoms with van der Waals surface area (Å²) < 4.78 is 5.68. The highest BCUT2D eigenvalue weighted by Crippen LogP contribution is 2.45. The second-order valence-electron chi connectivity index (χ2n) is 5.03. The molecule has 1 aromatic rings. The maximum Gasteiger partial charge on any atom is 0.168 e. The van der Waals surface area contributed by atoms with Gasteiger partial charge in [0.05, 0.1) is 12.7 Å². The molecule has 1 saturated carbocycles. The van der Waals surface area contributed by atoms with Crippen LogP contribution in [-0.2, 0) is 0 Å². The van der Waals surface area contributed by atoms with Crippen LogP contribution in [0.4, 0.5) is 5.82 Å².